The number of anilines is 12. The summed E-state index contributed by atoms with van der Waals surface area (Å²) in [4.78, 5) is 130. The summed E-state index contributed by atoms with van der Waals surface area (Å²) in [5.41, 5.74) is 46.0. The van der Waals surface area contributed by atoms with Gasteiger partial charge in [0.2, 0.25) is 35.4 Å². The Labute approximate surface area is 771 Å². The van der Waals surface area contributed by atoms with Crippen molar-refractivity contribution in [2.45, 2.75) is 105 Å². The first-order valence-electron chi connectivity index (χ1n) is 44.8. The highest BCUT2D eigenvalue weighted by Crippen LogP contribution is 2.46. The Hall–Kier alpha value is -16.3. The number of pyridine rings is 5. The number of nitrogen functional groups attached to an aromatic ring is 5. The van der Waals surface area contributed by atoms with Crippen LogP contribution in [-0.2, 0) is 64.7 Å². The third-order valence-electron chi connectivity index (χ3n) is 26.4. The van der Waals surface area contributed by atoms with E-state index in [0.717, 1.165) is 117 Å². The highest BCUT2D eigenvalue weighted by molar-refractivity contribution is 6.17. The molecule has 0 unspecified atom stereocenters. The fourth-order valence-corrected chi connectivity index (χ4v) is 18.2. The van der Waals surface area contributed by atoms with Gasteiger partial charge >= 0.3 is 0 Å². The first-order valence-corrected chi connectivity index (χ1v) is 44.8. The van der Waals surface area contributed by atoms with Crippen LogP contribution in [0.15, 0.2) is 175 Å². The zero-order chi connectivity index (χ0) is 94.5. The van der Waals surface area contributed by atoms with Crippen LogP contribution in [0.4, 0.5) is 68.6 Å². The van der Waals surface area contributed by atoms with Crippen LogP contribution >= 0.6 is 0 Å². The van der Waals surface area contributed by atoms with Crippen molar-refractivity contribution in [2.24, 2.45) is 83.1 Å². The normalized spacial score (nSPS) is 21.7. The number of aryl methyl sites for hydroxylation is 1. The fraction of sp³-hybridized carbons (Fsp3) is 0.311. The number of nitrogens with zero attached hydrogens (tertiary/aromatic N) is 15. The molecule has 12 atom stereocenters. The first-order chi connectivity index (χ1) is 64.4. The number of amides is 6. The molecule has 6 amide bonds. The zero-order valence-electron chi connectivity index (χ0n) is 74.6. The maximum absolute atomic E-state index is 12.6. The minimum absolute atomic E-state index is 0.00526. The van der Waals surface area contributed by atoms with Gasteiger partial charge in [0.05, 0.1) is 108 Å². The summed E-state index contributed by atoms with van der Waals surface area (Å²) < 4.78 is 2.15. The van der Waals surface area contributed by atoms with Gasteiger partial charge in [0.1, 0.15) is 29.0 Å². The highest BCUT2D eigenvalue weighted by Gasteiger charge is 2.47. The van der Waals surface area contributed by atoms with Crippen molar-refractivity contribution >= 4 is 175 Å². The first kappa shape index (κ1) is 89.6. The van der Waals surface area contributed by atoms with Crippen molar-refractivity contribution in [3.8, 4) is 41.5 Å². The molecule has 13 N–H and O–H groups in total. The molecular weight excluding hydrogens is 1690 g/mol. The zero-order valence-corrected chi connectivity index (χ0v) is 74.6. The number of carbonyl (C=O) groups excluding carboxylic acids is 8. The van der Waals surface area contributed by atoms with Crippen LogP contribution in [0.2, 0.25) is 0 Å². The second-order valence-electron chi connectivity index (χ2n) is 36.4. The van der Waals surface area contributed by atoms with Gasteiger partial charge in [0.15, 0.2) is 0 Å². The lowest BCUT2D eigenvalue weighted by Crippen LogP contribution is -2.26. The Kier molecular flexibility index (Phi) is 24.7. The number of allylic oxidation sites excluding steroid dienone is 1. The van der Waals surface area contributed by atoms with Gasteiger partial charge in [-0.25, -0.2) is 15.0 Å². The Morgan fingerprint density at radius 2 is 0.851 bits per heavy atom. The molecule has 0 spiro atoms. The summed E-state index contributed by atoms with van der Waals surface area (Å²) in [5, 5.41) is 61.1. The number of aromatic nitrogens is 6. The third kappa shape index (κ3) is 18.8. The Balaban J connectivity index is 0.000000117. The number of nitrogens with two attached hydrogens (primary N) is 5. The lowest BCUT2D eigenvalue weighted by Gasteiger charge is -2.19. The molecule has 0 radical (unpaired) electrons. The van der Waals surface area contributed by atoms with Crippen LogP contribution in [0.25, 0.3) is 65.0 Å². The van der Waals surface area contributed by atoms with E-state index in [2.05, 4.69) is 126 Å². The van der Waals surface area contributed by atoms with E-state index in [0.29, 0.717) is 121 Å². The topological polar surface area (TPSA) is 513 Å². The highest BCUT2D eigenvalue weighted by atomic mass is 16.2. The predicted octanol–water partition coefficient (Wildman–Crippen LogP) is 14.8. The molecule has 5 aliphatic carbocycles. The largest absolute Gasteiger partial charge is 0.398 e. The number of carbonyl (C=O) groups is 8. The number of hydrogen-bond donors (Lipinski definition) is 8. The van der Waals surface area contributed by atoms with E-state index >= 15 is 0 Å². The number of rotatable bonds is 18. The molecule has 4 aliphatic heterocycles. The quantitative estimate of drug-likeness (QED) is 0.0370. The van der Waals surface area contributed by atoms with E-state index in [-0.39, 0.29) is 131 Å². The van der Waals surface area contributed by atoms with Crippen molar-refractivity contribution < 1.29 is 38.4 Å². The van der Waals surface area contributed by atoms with Crippen LogP contribution in [0, 0.1) is 128 Å². The molecule has 6 aromatic carbocycles. The summed E-state index contributed by atoms with van der Waals surface area (Å²) in [7, 11) is 2.06. The van der Waals surface area contributed by atoms with Gasteiger partial charge in [0.25, 0.3) is 0 Å². The van der Waals surface area contributed by atoms with Gasteiger partial charge in [-0.05, 0) is 205 Å². The number of Topliss-reactive ketones (excluding diaryl/α,β-unsaturated/α-hetero) is 2. The molecule has 9 aliphatic rings. The van der Waals surface area contributed by atoms with E-state index in [4.69, 9.17) is 55.0 Å². The second-order valence-corrected chi connectivity index (χ2v) is 36.4. The maximum Gasteiger partial charge on any atom is 0.236 e. The summed E-state index contributed by atoms with van der Waals surface area (Å²) in [6, 6.07) is 48.7. The molecule has 6 aromatic heterocycles. The van der Waals surface area contributed by atoms with E-state index in [9.17, 15) is 38.4 Å². The number of aliphatic imine (C=N–C) groups is 1. The SMILES string of the molecule is CC(C)c1c(-c2cc(N)c3cnc(CC(=O)[C@@H]4C[C@H]4C#N)cc3c2)ccn1C.CC1=CCN=C1c1cc(N)c2cnc(NC(=O)[C@@H]3C[C@H]3C#N)cc2c1.C[C@@H]1CCN(c2cc(N)c3cnc(NC(=O)[C@H]4C[C@@H]4C#N)cc3c2)C1=O.C[C@H]1CCN(c2cc(N)c3cnc(NC(=O)[C@H]4C[C@@H]4C#N)cc3c2)C1=O.N#C[C@@H]1C[C@H]1C(=O)Cc1cc2cc(N3C(=O)Cc4ccccc43)cc(N)c2cn1. The number of para-hydroxylation sites is 1. The number of benzene rings is 6. The molecule has 0 bridgehead atoms. The van der Waals surface area contributed by atoms with E-state index in [1.165, 1.54) is 11.3 Å². The summed E-state index contributed by atoms with van der Waals surface area (Å²) >= 11 is 0. The van der Waals surface area contributed by atoms with Crippen LogP contribution in [-0.4, -0.2) is 102 Å². The van der Waals surface area contributed by atoms with Gasteiger partial charge in [-0.3, -0.25) is 58.2 Å². The second kappa shape index (κ2) is 36.9. The van der Waals surface area contributed by atoms with E-state index in [1.807, 2.05) is 99.6 Å². The third-order valence-corrected chi connectivity index (χ3v) is 26.4. The predicted molar refractivity (Wildman–Crippen MR) is 513 cm³/mol. The van der Waals surface area contributed by atoms with Gasteiger partial charge in [-0.1, -0.05) is 52.0 Å². The molecule has 5 saturated carbocycles. The van der Waals surface area contributed by atoms with Crippen molar-refractivity contribution in [3.05, 3.63) is 198 Å². The van der Waals surface area contributed by atoms with Crippen LogP contribution in [0.3, 0.4) is 0 Å². The average molecular weight is 1790 g/mol. The molecule has 31 nitrogen and oxygen atoms in total. The van der Waals surface area contributed by atoms with Crippen LogP contribution in [0.5, 0.6) is 0 Å². The van der Waals surface area contributed by atoms with Gasteiger partial charge < -0.3 is 59.0 Å². The molecule has 21 rings (SSSR count). The summed E-state index contributed by atoms with van der Waals surface area (Å²) in [6.07, 6.45) is 18.1. The Bertz CT molecular complexity index is 7090. The molecular formula is C103H97N23O8. The number of ketones is 2. The van der Waals surface area contributed by atoms with Crippen molar-refractivity contribution in [2.75, 3.05) is 79.0 Å². The molecule has 31 heteroatoms. The van der Waals surface area contributed by atoms with Crippen LogP contribution < -0.4 is 59.3 Å². The minimum atomic E-state index is -0.252. The lowest BCUT2D eigenvalue weighted by atomic mass is 9.96. The monoisotopic (exact) mass is 1780 g/mol. The molecule has 10 heterocycles. The Morgan fingerprint density at radius 1 is 0.470 bits per heavy atom. The Morgan fingerprint density at radius 3 is 1.26 bits per heavy atom. The molecule has 12 aromatic rings. The molecule has 672 valence electrons. The van der Waals surface area contributed by atoms with Crippen molar-refractivity contribution in [3.63, 3.8) is 0 Å². The number of nitrogens with one attached hydrogen (secondary N) is 3. The lowest BCUT2D eigenvalue weighted by molar-refractivity contribution is -0.120. The fourth-order valence-electron chi connectivity index (χ4n) is 18.2. The standard InChI is InChI=1S/C23H18N4O2.C23H24N4O.2C19H19N5O2.C19H17N5O/c24-11-15-7-18(15)22(28)9-16-5-14-6-17(10-20(25)19(14)12-26-16)27-21-4-2-1-3-13(21)8-23(27)29;1-13(2)23-18(4-5-27(23)3)15-6-14-7-17(26-12-20(14)21(25)9-15)10-22(28)19-8-16(19)11-24;2*1-10-2-3-24(19(10)26)13-4-11-6-17(22-9-15(11)16(21)7-13)23-18(25)14-5-12(14)8-20;1-10-2-3-22-18(10)12-4-11-7-17(23-9-15(11)16(21)6-12)24-19(25)14-5-13(14)8-20/h1-6,10,12,15,18H,7-9,25H2;4-7,9,12-13,16,19H,8,10,25H2,1-3H3;2*4,6-7,9-10,12,14H,2-3,5,21H2,1H3,(H,22,23,25);2,4,6-7,9,13-14H,3,5,21H2,1H3,(H,23,24,25)/t15-,18+;16-,19+;10-,12+,14-;10-,12-,14+;13-,14+/m00010/s1. The minimum Gasteiger partial charge on any atom is -0.398 e. The van der Waals surface area contributed by atoms with Crippen LogP contribution in [0.1, 0.15) is 114 Å². The maximum atomic E-state index is 12.6. The average Bonchev–Trinajstić information content (AvgIpc) is 1.59. The molecule has 2 saturated heterocycles. The van der Waals surface area contributed by atoms with Gasteiger partial charge in [-0.2, -0.15) is 26.3 Å². The van der Waals surface area contributed by atoms with Crippen molar-refractivity contribution in [1.29, 1.82) is 26.3 Å². The van der Waals surface area contributed by atoms with Crippen molar-refractivity contribution in [1.82, 2.24) is 29.5 Å². The van der Waals surface area contributed by atoms with Gasteiger partial charge in [0, 0.05) is 189 Å². The number of hydrogen-bond acceptors (Lipinski definition) is 24. The number of nitriles is 5. The van der Waals surface area contributed by atoms with E-state index < -0.39 is 0 Å². The number of fused-ring (bicyclic) bond motifs is 6. The van der Waals surface area contributed by atoms with Gasteiger partial charge in [-0.15, -0.1) is 0 Å². The smallest absolute Gasteiger partial charge is 0.236 e. The molecule has 134 heavy (non-hydrogen) atoms. The summed E-state index contributed by atoms with van der Waals surface area (Å²) in [6.45, 7) is 12.3. The summed E-state index contributed by atoms with van der Waals surface area (Å²) in [5.74, 6) is -0.229. The molecule has 7 fully saturated rings. The van der Waals surface area contributed by atoms with E-state index in [1.54, 1.807) is 76.0 Å².